The van der Waals surface area contributed by atoms with Crippen molar-refractivity contribution >= 4 is 39.6 Å². The van der Waals surface area contributed by atoms with E-state index in [1.807, 2.05) is 53.2 Å². The minimum absolute atomic E-state index is 0.0548. The smallest absolute Gasteiger partial charge is 0.234 e. The molecule has 1 N–H and O–H groups in total. The number of hydrogen-bond acceptors (Lipinski definition) is 4. The number of carbonyl (C=O) groups excluding carboxylic acids is 1. The highest BCUT2D eigenvalue weighted by atomic mass is 32.2. The van der Waals surface area contributed by atoms with Crippen molar-refractivity contribution in [3.63, 3.8) is 0 Å². The number of rotatable bonds is 6. The van der Waals surface area contributed by atoms with Crippen molar-refractivity contribution in [1.82, 2.24) is 14.6 Å². The molecule has 0 aliphatic carbocycles. The van der Waals surface area contributed by atoms with Crippen molar-refractivity contribution in [2.24, 2.45) is 0 Å². The zero-order valence-corrected chi connectivity index (χ0v) is 18.5. The molecule has 2 heterocycles. The molecular weight excluding hydrogens is 416 g/mol. The quantitative estimate of drug-likeness (QED) is 0.338. The Kier molecular flexibility index (Phi) is 5.60. The molecule has 0 atom stereocenters. The fourth-order valence-electron chi connectivity index (χ4n) is 3.79. The fourth-order valence-corrected chi connectivity index (χ4v) is 4.57. The highest BCUT2D eigenvalue weighted by Gasteiger charge is 2.13. The van der Waals surface area contributed by atoms with Crippen molar-refractivity contribution in [3.05, 3.63) is 90.8 Å². The molecule has 0 bridgehead atoms. The maximum absolute atomic E-state index is 12.5. The summed E-state index contributed by atoms with van der Waals surface area (Å²) in [5.74, 6) is 0.221. The average Bonchev–Trinajstić information content (AvgIpc) is 3.27. The second kappa shape index (κ2) is 8.85. The topological polar surface area (TPSA) is 59.3 Å². The molecule has 5 rings (SSSR count). The van der Waals surface area contributed by atoms with E-state index in [9.17, 15) is 4.79 Å². The summed E-state index contributed by atoms with van der Waals surface area (Å²) in [5.41, 5.74) is 4.88. The van der Waals surface area contributed by atoms with Crippen LogP contribution in [0.5, 0.6) is 0 Å². The highest BCUT2D eigenvalue weighted by Crippen LogP contribution is 2.30. The SMILES string of the molecule is CCc1cccc(NC(=O)CSc2nccn3nc(-c4cccc5ccccc45)cc23)c1. The van der Waals surface area contributed by atoms with Crippen molar-refractivity contribution in [3.8, 4) is 11.3 Å². The summed E-state index contributed by atoms with van der Waals surface area (Å²) in [5, 5.41) is 10.9. The molecule has 0 fully saturated rings. The molecule has 0 aliphatic heterocycles. The lowest BCUT2D eigenvalue weighted by molar-refractivity contribution is -0.113. The number of aryl methyl sites for hydroxylation is 1. The maximum atomic E-state index is 12.5. The summed E-state index contributed by atoms with van der Waals surface area (Å²) in [6.45, 7) is 2.10. The van der Waals surface area contributed by atoms with Crippen LogP contribution < -0.4 is 5.32 Å². The Morgan fingerprint density at radius 3 is 2.78 bits per heavy atom. The van der Waals surface area contributed by atoms with Gasteiger partial charge in [0.15, 0.2) is 0 Å². The van der Waals surface area contributed by atoms with Crippen molar-refractivity contribution in [2.75, 3.05) is 11.1 Å². The summed E-state index contributed by atoms with van der Waals surface area (Å²) < 4.78 is 1.83. The monoisotopic (exact) mass is 438 g/mol. The Morgan fingerprint density at radius 1 is 1.03 bits per heavy atom. The van der Waals surface area contributed by atoms with Crippen LogP contribution in [0.1, 0.15) is 12.5 Å². The molecule has 32 heavy (non-hydrogen) atoms. The first-order chi connectivity index (χ1) is 15.7. The van der Waals surface area contributed by atoms with Crippen LogP contribution in [0, 0.1) is 0 Å². The first-order valence-corrected chi connectivity index (χ1v) is 11.5. The van der Waals surface area contributed by atoms with Crippen molar-refractivity contribution in [1.29, 1.82) is 0 Å². The Labute approximate surface area is 190 Å². The third-order valence-corrected chi connectivity index (χ3v) is 6.37. The van der Waals surface area contributed by atoms with E-state index < -0.39 is 0 Å². The van der Waals surface area contributed by atoms with E-state index in [4.69, 9.17) is 5.10 Å². The van der Waals surface area contributed by atoms with Crippen LogP contribution in [0.2, 0.25) is 0 Å². The molecule has 1 amide bonds. The van der Waals surface area contributed by atoms with Gasteiger partial charge in [-0.15, -0.1) is 0 Å². The predicted molar refractivity (Wildman–Crippen MR) is 131 cm³/mol. The molecule has 0 radical (unpaired) electrons. The zero-order chi connectivity index (χ0) is 21.9. The van der Waals surface area contributed by atoms with E-state index in [0.29, 0.717) is 0 Å². The number of nitrogens with zero attached hydrogens (tertiary/aromatic N) is 3. The molecular formula is C26H22N4OS. The molecule has 6 heteroatoms. The number of fused-ring (bicyclic) bond motifs is 2. The normalized spacial score (nSPS) is 11.2. The summed E-state index contributed by atoms with van der Waals surface area (Å²) in [7, 11) is 0. The van der Waals surface area contributed by atoms with E-state index in [1.165, 1.54) is 22.7 Å². The van der Waals surface area contributed by atoms with E-state index in [2.05, 4.69) is 47.6 Å². The molecule has 0 saturated carbocycles. The minimum atomic E-state index is -0.0548. The number of thioether (sulfide) groups is 1. The molecule has 0 unspecified atom stereocenters. The van der Waals surface area contributed by atoms with Crippen molar-refractivity contribution < 1.29 is 4.79 Å². The van der Waals surface area contributed by atoms with Crippen LogP contribution in [0.4, 0.5) is 5.69 Å². The predicted octanol–water partition coefficient (Wildman–Crippen LogP) is 5.84. The number of nitrogens with one attached hydrogen (secondary N) is 1. The van der Waals surface area contributed by atoms with Gasteiger partial charge >= 0.3 is 0 Å². The van der Waals surface area contributed by atoms with E-state index >= 15 is 0 Å². The lowest BCUT2D eigenvalue weighted by Crippen LogP contribution is -2.14. The largest absolute Gasteiger partial charge is 0.325 e. The number of anilines is 1. The zero-order valence-electron chi connectivity index (χ0n) is 17.7. The third kappa shape index (κ3) is 4.09. The average molecular weight is 439 g/mol. The summed E-state index contributed by atoms with van der Waals surface area (Å²) >= 11 is 1.42. The second-order valence-electron chi connectivity index (χ2n) is 7.51. The summed E-state index contributed by atoms with van der Waals surface area (Å²) in [4.78, 5) is 17.0. The van der Waals surface area contributed by atoms with Gasteiger partial charge in [-0.1, -0.05) is 73.3 Å². The van der Waals surface area contributed by atoms with Crippen LogP contribution in [0.15, 0.2) is 90.2 Å². The highest BCUT2D eigenvalue weighted by molar-refractivity contribution is 8.00. The van der Waals surface area contributed by atoms with E-state index in [0.717, 1.165) is 39.3 Å². The number of carbonyl (C=O) groups is 1. The number of amides is 1. The van der Waals surface area contributed by atoms with Crippen LogP contribution >= 0.6 is 11.8 Å². The Bertz CT molecular complexity index is 1420. The number of benzene rings is 3. The van der Waals surface area contributed by atoms with Gasteiger partial charge in [0.2, 0.25) is 5.91 Å². The standard InChI is InChI=1S/C26H22N4OS/c1-2-18-7-5-10-20(15-18)28-25(31)17-32-26-24-16-23(29-30(24)14-13-27-26)22-12-6-9-19-8-3-4-11-21(19)22/h3-16H,2,17H2,1H3,(H,28,31). The Morgan fingerprint density at radius 2 is 1.88 bits per heavy atom. The molecule has 5 aromatic rings. The van der Waals surface area contributed by atoms with Crippen LogP contribution in [-0.2, 0) is 11.2 Å². The third-order valence-electron chi connectivity index (χ3n) is 5.38. The van der Waals surface area contributed by atoms with E-state index in [-0.39, 0.29) is 11.7 Å². The van der Waals surface area contributed by atoms with Gasteiger partial charge in [0.1, 0.15) is 5.03 Å². The second-order valence-corrected chi connectivity index (χ2v) is 8.47. The summed E-state index contributed by atoms with van der Waals surface area (Å²) in [6.07, 6.45) is 4.49. The molecule has 2 aromatic heterocycles. The van der Waals surface area contributed by atoms with Crippen LogP contribution in [-0.4, -0.2) is 26.3 Å². The maximum Gasteiger partial charge on any atom is 0.234 e. The molecule has 158 valence electrons. The van der Waals surface area contributed by atoms with Gasteiger partial charge in [-0.2, -0.15) is 5.10 Å². The van der Waals surface area contributed by atoms with E-state index in [1.54, 1.807) is 6.20 Å². The van der Waals surface area contributed by atoms with Crippen molar-refractivity contribution in [2.45, 2.75) is 18.4 Å². The molecule has 0 spiro atoms. The Hall–Kier alpha value is -3.64. The minimum Gasteiger partial charge on any atom is -0.325 e. The van der Waals surface area contributed by atoms with Gasteiger partial charge in [-0.25, -0.2) is 9.50 Å². The lowest BCUT2D eigenvalue weighted by Gasteiger charge is -2.07. The first kappa shape index (κ1) is 20.3. The van der Waals surface area contributed by atoms with Gasteiger partial charge in [0.25, 0.3) is 0 Å². The van der Waals surface area contributed by atoms with Crippen LogP contribution in [0.25, 0.3) is 27.5 Å². The number of hydrogen-bond donors (Lipinski definition) is 1. The van der Waals surface area contributed by atoms with Crippen LogP contribution in [0.3, 0.4) is 0 Å². The number of aromatic nitrogens is 3. The molecule has 3 aromatic carbocycles. The molecule has 0 saturated heterocycles. The first-order valence-electron chi connectivity index (χ1n) is 10.6. The lowest BCUT2D eigenvalue weighted by atomic mass is 10.0. The van der Waals surface area contributed by atoms with Gasteiger partial charge in [-0.3, -0.25) is 4.79 Å². The van der Waals surface area contributed by atoms with Gasteiger partial charge < -0.3 is 5.32 Å². The molecule has 5 nitrogen and oxygen atoms in total. The molecule has 0 aliphatic rings. The van der Waals surface area contributed by atoms with Gasteiger partial charge in [0, 0.05) is 23.6 Å². The van der Waals surface area contributed by atoms with Gasteiger partial charge in [-0.05, 0) is 41.0 Å². The van der Waals surface area contributed by atoms with Gasteiger partial charge in [0.05, 0.1) is 17.0 Å². The Balaban J connectivity index is 1.38. The summed E-state index contributed by atoms with van der Waals surface area (Å²) in [6, 6.07) is 24.5. The fraction of sp³-hybridized carbons (Fsp3) is 0.115.